The van der Waals surface area contributed by atoms with Crippen molar-refractivity contribution < 1.29 is 48.7 Å². The number of ketones is 3. The van der Waals surface area contributed by atoms with Crippen LogP contribution in [0, 0.1) is 22.7 Å². The van der Waals surface area contributed by atoms with Crippen LogP contribution in [0.15, 0.2) is 59.4 Å². The van der Waals surface area contributed by atoms with Gasteiger partial charge in [0.1, 0.15) is 22.8 Å². The Hall–Kier alpha value is -4.15. The predicted octanol–water partition coefficient (Wildman–Crippen LogP) is 5.27. The summed E-state index contributed by atoms with van der Waals surface area (Å²) >= 11 is 0. The zero-order chi connectivity index (χ0) is 32.9. The summed E-state index contributed by atoms with van der Waals surface area (Å²) in [7, 11) is 0. The van der Waals surface area contributed by atoms with Crippen LogP contribution in [0.25, 0.3) is 17.4 Å². The summed E-state index contributed by atoms with van der Waals surface area (Å²) in [6, 6.07) is 9.53. The van der Waals surface area contributed by atoms with E-state index in [4.69, 9.17) is 0 Å². The highest BCUT2D eigenvalue weighted by atomic mass is 19.3. The molecule has 0 saturated heterocycles. The number of aliphatic hydroxyl groups excluding tert-OH is 3. The lowest BCUT2D eigenvalue weighted by atomic mass is 9.41. The van der Waals surface area contributed by atoms with Crippen LogP contribution >= 0.6 is 0 Å². The monoisotopic (exact) mass is 608 g/mol. The van der Waals surface area contributed by atoms with E-state index in [1.807, 2.05) is 0 Å². The standard InChI is InChI=1S/C34H34F2O8/c1-15(2)24-26(39)22(16(3)37)28(41)34(44)29(42)25-27(40)23-19(8-7-9-21(23)38)20(31(25,4)30(43)32(24,34)5)14-17-10-12-18(13-11-17)33(6,35)36/h7-15,24,30,38,40-41,43-44H,1-6H3/b20-14+/t24?,30-,31+,32+,34+/m1/s1. The van der Waals surface area contributed by atoms with Gasteiger partial charge in [-0.05, 0) is 42.5 Å². The Labute approximate surface area is 252 Å². The summed E-state index contributed by atoms with van der Waals surface area (Å²) in [5.41, 5.74) is -8.09. The van der Waals surface area contributed by atoms with Gasteiger partial charge in [-0.2, -0.15) is 0 Å². The zero-order valence-electron chi connectivity index (χ0n) is 25.1. The molecule has 5 N–H and O–H groups in total. The third kappa shape index (κ3) is 3.76. The van der Waals surface area contributed by atoms with E-state index in [1.54, 1.807) is 13.8 Å². The highest BCUT2D eigenvalue weighted by Gasteiger charge is 2.76. The molecule has 0 heterocycles. The fourth-order valence-electron chi connectivity index (χ4n) is 7.73. The first-order valence-electron chi connectivity index (χ1n) is 14.2. The summed E-state index contributed by atoms with van der Waals surface area (Å²) in [4.78, 5) is 41.0. The maximum atomic E-state index is 14.6. The number of aliphatic hydroxyl groups is 4. The Kier molecular flexibility index (Phi) is 6.88. The van der Waals surface area contributed by atoms with Gasteiger partial charge in [-0.25, -0.2) is 8.78 Å². The van der Waals surface area contributed by atoms with Gasteiger partial charge in [-0.1, -0.05) is 63.2 Å². The SMILES string of the molecule is CC(=O)C1=C(O)[C@]2(O)C(=O)C3=C(O)c4c(O)cccc4/C(=C\c4ccc(C(C)(F)F)cc4)[C@]3(C)[C@@H](O)[C@]2(C)C(C(C)C)C1=O. The molecule has 8 nitrogen and oxygen atoms in total. The Balaban J connectivity index is 1.91. The van der Waals surface area contributed by atoms with E-state index in [1.165, 1.54) is 62.4 Å². The molecule has 2 aromatic rings. The number of alkyl halides is 2. The molecule has 44 heavy (non-hydrogen) atoms. The molecule has 0 aromatic heterocycles. The van der Waals surface area contributed by atoms with Crippen molar-refractivity contribution in [3.05, 3.63) is 81.6 Å². The minimum Gasteiger partial charge on any atom is -0.508 e. The van der Waals surface area contributed by atoms with Crippen molar-refractivity contribution in [1.82, 2.24) is 0 Å². The number of hydrogen-bond donors (Lipinski definition) is 5. The van der Waals surface area contributed by atoms with Gasteiger partial charge >= 0.3 is 0 Å². The molecule has 5 atom stereocenters. The minimum atomic E-state index is -3.11. The van der Waals surface area contributed by atoms with Crippen LogP contribution in [0.1, 0.15) is 63.8 Å². The number of rotatable bonds is 4. The summed E-state index contributed by atoms with van der Waals surface area (Å²) in [6.45, 7) is 7.72. The molecule has 232 valence electrons. The number of benzene rings is 2. The lowest BCUT2D eigenvalue weighted by molar-refractivity contribution is -0.207. The third-order valence-corrected chi connectivity index (χ3v) is 9.84. The van der Waals surface area contributed by atoms with Gasteiger partial charge in [0.25, 0.3) is 5.92 Å². The Morgan fingerprint density at radius 2 is 1.61 bits per heavy atom. The highest BCUT2D eigenvalue weighted by Crippen LogP contribution is 2.67. The van der Waals surface area contributed by atoms with E-state index < -0.39 is 86.1 Å². The fourth-order valence-corrected chi connectivity index (χ4v) is 7.73. The highest BCUT2D eigenvalue weighted by molar-refractivity contribution is 6.25. The number of aromatic hydroxyl groups is 1. The molecule has 2 aromatic carbocycles. The smallest absolute Gasteiger partial charge is 0.270 e. The van der Waals surface area contributed by atoms with Crippen molar-refractivity contribution in [3.63, 3.8) is 0 Å². The molecule has 1 fully saturated rings. The number of fused-ring (bicyclic) bond motifs is 3. The number of allylic oxidation sites excluding steroid dienone is 1. The second-order valence-electron chi connectivity index (χ2n) is 12.8. The van der Waals surface area contributed by atoms with E-state index in [-0.39, 0.29) is 22.3 Å². The van der Waals surface area contributed by atoms with Crippen molar-refractivity contribution in [2.75, 3.05) is 0 Å². The van der Waals surface area contributed by atoms with Crippen molar-refractivity contribution in [2.45, 2.75) is 59.2 Å². The number of phenolic OH excluding ortho intramolecular Hbond substituents is 1. The molecule has 3 aliphatic rings. The topological polar surface area (TPSA) is 152 Å². The summed E-state index contributed by atoms with van der Waals surface area (Å²) < 4.78 is 27.9. The summed E-state index contributed by atoms with van der Waals surface area (Å²) in [5, 5.41) is 58.5. The third-order valence-electron chi connectivity index (χ3n) is 9.84. The molecule has 0 aliphatic heterocycles. The van der Waals surface area contributed by atoms with Gasteiger partial charge in [0.15, 0.2) is 17.2 Å². The van der Waals surface area contributed by atoms with Crippen molar-refractivity contribution in [1.29, 1.82) is 0 Å². The molecular formula is C34H34F2O8. The molecule has 0 amide bonds. The molecule has 0 spiro atoms. The maximum absolute atomic E-state index is 14.6. The van der Waals surface area contributed by atoms with Crippen LogP contribution in [0.4, 0.5) is 8.78 Å². The molecule has 1 unspecified atom stereocenters. The molecular weight excluding hydrogens is 574 g/mol. The van der Waals surface area contributed by atoms with Crippen LogP contribution in [0.3, 0.4) is 0 Å². The molecule has 10 heteroatoms. The minimum absolute atomic E-state index is 0.173. The Morgan fingerprint density at radius 3 is 2.14 bits per heavy atom. The van der Waals surface area contributed by atoms with Crippen LogP contribution in [0.5, 0.6) is 5.75 Å². The number of phenols is 1. The van der Waals surface area contributed by atoms with Gasteiger partial charge in [-0.3, -0.25) is 14.4 Å². The van der Waals surface area contributed by atoms with E-state index in [9.17, 15) is 48.7 Å². The van der Waals surface area contributed by atoms with Crippen molar-refractivity contribution in [2.24, 2.45) is 22.7 Å². The predicted molar refractivity (Wildman–Crippen MR) is 157 cm³/mol. The zero-order valence-corrected chi connectivity index (χ0v) is 25.1. The lowest BCUT2D eigenvalue weighted by Gasteiger charge is -2.62. The van der Waals surface area contributed by atoms with E-state index in [0.717, 1.165) is 13.8 Å². The number of hydrogen-bond acceptors (Lipinski definition) is 8. The first kappa shape index (κ1) is 31.3. The normalized spacial score (nSPS) is 31.3. The largest absolute Gasteiger partial charge is 0.508 e. The van der Waals surface area contributed by atoms with Crippen LogP contribution < -0.4 is 0 Å². The molecule has 5 rings (SSSR count). The first-order chi connectivity index (χ1) is 20.3. The van der Waals surface area contributed by atoms with Crippen LogP contribution in [0.2, 0.25) is 0 Å². The Bertz CT molecular complexity index is 1730. The summed E-state index contributed by atoms with van der Waals surface area (Å²) in [6.07, 6.45) is -0.360. The van der Waals surface area contributed by atoms with Gasteiger partial charge in [0.2, 0.25) is 5.78 Å². The van der Waals surface area contributed by atoms with Gasteiger partial charge in [-0.15, -0.1) is 0 Å². The van der Waals surface area contributed by atoms with Gasteiger partial charge in [0.05, 0.1) is 22.7 Å². The van der Waals surface area contributed by atoms with E-state index in [0.29, 0.717) is 5.56 Å². The van der Waals surface area contributed by atoms with E-state index in [2.05, 4.69) is 0 Å². The van der Waals surface area contributed by atoms with Crippen molar-refractivity contribution in [3.8, 4) is 5.75 Å². The first-order valence-corrected chi connectivity index (χ1v) is 14.2. The van der Waals surface area contributed by atoms with Crippen LogP contribution in [-0.2, 0) is 20.3 Å². The van der Waals surface area contributed by atoms with E-state index >= 15 is 0 Å². The number of Topliss-reactive ketones (excluding diaryl/α,β-unsaturated/α-hetero) is 3. The Morgan fingerprint density at radius 1 is 1.02 bits per heavy atom. The quantitative estimate of drug-likeness (QED) is 0.295. The molecule has 3 aliphatic carbocycles. The number of carbonyl (C=O) groups is 3. The fraction of sp³-hybridized carbons (Fsp3) is 0.382. The molecule has 0 radical (unpaired) electrons. The summed E-state index contributed by atoms with van der Waals surface area (Å²) in [5.74, 6) is -10.5. The number of halogens is 2. The average molecular weight is 609 g/mol. The second-order valence-corrected chi connectivity index (χ2v) is 12.8. The lowest BCUT2D eigenvalue weighted by Crippen LogP contribution is -2.75. The maximum Gasteiger partial charge on any atom is 0.270 e. The molecule has 1 saturated carbocycles. The molecule has 0 bridgehead atoms. The second kappa shape index (κ2) is 9.67. The average Bonchev–Trinajstić information content (AvgIpc) is 2.92. The van der Waals surface area contributed by atoms with Crippen molar-refractivity contribution >= 4 is 34.8 Å². The van der Waals surface area contributed by atoms with Crippen LogP contribution in [-0.4, -0.2) is 54.6 Å². The van der Waals surface area contributed by atoms with Gasteiger partial charge < -0.3 is 25.5 Å². The van der Waals surface area contributed by atoms with Gasteiger partial charge in [0, 0.05) is 23.8 Å². The number of carbonyl (C=O) groups excluding carboxylic acids is 3.